The number of esters is 1. The molecule has 0 unspecified atom stereocenters. The number of nitrogens with one attached hydrogen (secondary N) is 1. The van der Waals surface area contributed by atoms with Crippen molar-refractivity contribution in [1.82, 2.24) is 5.43 Å². The number of amides is 1. The number of nitro benzene ring substituents is 1. The number of hydrogen-bond donors (Lipinski definition) is 1. The van der Waals surface area contributed by atoms with Crippen molar-refractivity contribution in [3.63, 3.8) is 0 Å². The second-order valence-electron chi connectivity index (χ2n) is 6.77. The molecule has 0 aromatic heterocycles. The van der Waals surface area contributed by atoms with Crippen LogP contribution in [0.25, 0.3) is 0 Å². The summed E-state index contributed by atoms with van der Waals surface area (Å²) in [5.74, 6) is -0.490. The highest BCUT2D eigenvalue weighted by Crippen LogP contribution is 2.23. The molecule has 0 heterocycles. The van der Waals surface area contributed by atoms with Crippen molar-refractivity contribution in [2.24, 2.45) is 5.10 Å². The number of hydrazone groups is 1. The minimum Gasteiger partial charge on any atom is -0.484 e. The van der Waals surface area contributed by atoms with Gasteiger partial charge in [-0.15, -0.1) is 0 Å². The van der Waals surface area contributed by atoms with Crippen molar-refractivity contribution in [1.29, 1.82) is 0 Å². The predicted octanol–water partition coefficient (Wildman–Crippen LogP) is 4.41. The molecule has 1 N–H and O–H groups in total. The Kier molecular flexibility index (Phi) is 7.87. The highest BCUT2D eigenvalue weighted by Gasteiger charge is 2.12. The Morgan fingerprint density at radius 2 is 1.88 bits per heavy atom. The fourth-order valence-electron chi connectivity index (χ4n) is 2.66. The molecule has 0 bridgehead atoms. The number of aryl methyl sites for hydroxylation is 1. The topological polar surface area (TPSA) is 120 Å². The van der Waals surface area contributed by atoms with Gasteiger partial charge in [-0.05, 0) is 49.4 Å². The van der Waals surface area contributed by atoms with E-state index in [2.05, 4.69) is 26.5 Å². The fraction of sp³-hybridized carbons (Fsp3) is 0.0870. The molecule has 0 saturated heterocycles. The van der Waals surface area contributed by atoms with Crippen LogP contribution in [0.5, 0.6) is 11.5 Å². The molecule has 3 rings (SSSR count). The number of benzene rings is 3. The van der Waals surface area contributed by atoms with E-state index in [9.17, 15) is 19.7 Å². The van der Waals surface area contributed by atoms with E-state index in [0.29, 0.717) is 16.9 Å². The van der Waals surface area contributed by atoms with Gasteiger partial charge in [0.1, 0.15) is 11.5 Å². The van der Waals surface area contributed by atoms with Crippen LogP contribution < -0.4 is 14.9 Å². The molecule has 10 heteroatoms. The third kappa shape index (κ3) is 6.97. The number of hydrogen-bond acceptors (Lipinski definition) is 7. The van der Waals surface area contributed by atoms with Crippen molar-refractivity contribution in [2.45, 2.75) is 6.92 Å². The maximum absolute atomic E-state index is 12.5. The second-order valence-corrected chi connectivity index (χ2v) is 7.69. The summed E-state index contributed by atoms with van der Waals surface area (Å²) in [4.78, 5) is 34.6. The molecular weight excluding hydrogens is 494 g/mol. The number of carbonyl (C=O) groups is 2. The zero-order valence-corrected chi connectivity index (χ0v) is 18.9. The summed E-state index contributed by atoms with van der Waals surface area (Å²) in [7, 11) is 0. The molecule has 0 radical (unpaired) electrons. The monoisotopic (exact) mass is 511 g/mol. The molecular formula is C23H18BrN3O6. The van der Waals surface area contributed by atoms with Crippen LogP contribution >= 0.6 is 15.9 Å². The number of nitro groups is 1. The van der Waals surface area contributed by atoms with Gasteiger partial charge in [0.2, 0.25) is 0 Å². The van der Waals surface area contributed by atoms with Gasteiger partial charge in [0, 0.05) is 22.2 Å². The Labute approximate surface area is 197 Å². The van der Waals surface area contributed by atoms with E-state index in [1.54, 1.807) is 36.4 Å². The third-order valence-corrected chi connectivity index (χ3v) is 4.73. The molecule has 9 nitrogen and oxygen atoms in total. The second kappa shape index (κ2) is 11.0. The van der Waals surface area contributed by atoms with Crippen LogP contribution in [0.3, 0.4) is 0 Å². The SMILES string of the molecule is Cc1cccc(C(=O)Oc2ccc(Br)cc2C=NNC(=O)COc2ccc([N+](=O)[O-])cc2)c1. The van der Waals surface area contributed by atoms with Crippen LogP contribution in [0.15, 0.2) is 76.3 Å². The highest BCUT2D eigenvalue weighted by molar-refractivity contribution is 9.10. The van der Waals surface area contributed by atoms with Gasteiger partial charge in [-0.3, -0.25) is 14.9 Å². The van der Waals surface area contributed by atoms with Crippen molar-refractivity contribution in [3.05, 3.63) is 98.0 Å². The number of carbonyl (C=O) groups excluding carboxylic acids is 2. The quantitative estimate of drug-likeness (QED) is 0.157. The Balaban J connectivity index is 1.59. The lowest BCUT2D eigenvalue weighted by Gasteiger charge is -2.08. The van der Waals surface area contributed by atoms with Gasteiger partial charge in [0.05, 0.1) is 16.7 Å². The lowest BCUT2D eigenvalue weighted by molar-refractivity contribution is -0.384. The normalized spacial score (nSPS) is 10.6. The largest absolute Gasteiger partial charge is 0.484 e. The summed E-state index contributed by atoms with van der Waals surface area (Å²) < 4.78 is 11.5. The highest BCUT2D eigenvalue weighted by atomic mass is 79.9. The van der Waals surface area contributed by atoms with E-state index >= 15 is 0 Å². The first kappa shape index (κ1) is 23.6. The molecule has 0 spiro atoms. The van der Waals surface area contributed by atoms with Crippen LogP contribution in [0, 0.1) is 17.0 Å². The molecule has 3 aromatic carbocycles. The van der Waals surface area contributed by atoms with Gasteiger partial charge in [0.25, 0.3) is 11.6 Å². The van der Waals surface area contributed by atoms with Crippen LogP contribution in [0.1, 0.15) is 21.5 Å². The summed E-state index contributed by atoms with van der Waals surface area (Å²) >= 11 is 3.35. The third-order valence-electron chi connectivity index (χ3n) is 4.24. The Hall–Kier alpha value is -4.05. The number of nitrogens with zero attached hydrogens (tertiary/aromatic N) is 2. The summed E-state index contributed by atoms with van der Waals surface area (Å²) in [6.45, 7) is 1.53. The lowest BCUT2D eigenvalue weighted by Crippen LogP contribution is -2.24. The van der Waals surface area contributed by atoms with E-state index < -0.39 is 16.8 Å². The average molecular weight is 512 g/mol. The Bertz CT molecular complexity index is 1210. The summed E-state index contributed by atoms with van der Waals surface area (Å²) in [6.07, 6.45) is 1.34. The molecule has 0 aliphatic heterocycles. The Morgan fingerprint density at radius 1 is 1.12 bits per heavy atom. The van der Waals surface area contributed by atoms with Gasteiger partial charge in [0.15, 0.2) is 6.61 Å². The first-order chi connectivity index (χ1) is 15.8. The summed E-state index contributed by atoms with van der Waals surface area (Å²) in [5.41, 5.74) is 4.04. The predicted molar refractivity (Wildman–Crippen MR) is 125 cm³/mol. The smallest absolute Gasteiger partial charge is 0.343 e. The number of halogens is 1. The van der Waals surface area contributed by atoms with Gasteiger partial charge >= 0.3 is 5.97 Å². The van der Waals surface area contributed by atoms with Crippen LogP contribution in [0.2, 0.25) is 0 Å². The minimum atomic E-state index is -0.544. The van der Waals surface area contributed by atoms with Gasteiger partial charge in [-0.25, -0.2) is 10.2 Å². The van der Waals surface area contributed by atoms with Gasteiger partial charge in [-0.2, -0.15) is 5.10 Å². The van der Waals surface area contributed by atoms with Crippen molar-refractivity contribution >= 4 is 39.7 Å². The molecule has 0 aliphatic rings. The molecule has 33 heavy (non-hydrogen) atoms. The van der Waals surface area contributed by atoms with Crippen molar-refractivity contribution in [2.75, 3.05) is 6.61 Å². The van der Waals surface area contributed by atoms with Crippen LogP contribution in [-0.2, 0) is 4.79 Å². The number of ether oxygens (including phenoxy) is 2. The summed E-state index contributed by atoms with van der Waals surface area (Å²) in [6, 6.07) is 17.4. The first-order valence-corrected chi connectivity index (χ1v) is 10.4. The molecule has 168 valence electrons. The van der Waals surface area contributed by atoms with Crippen LogP contribution in [-0.4, -0.2) is 29.6 Å². The maximum Gasteiger partial charge on any atom is 0.343 e. The maximum atomic E-state index is 12.5. The van der Waals surface area contributed by atoms with Gasteiger partial charge in [-0.1, -0.05) is 33.6 Å². The molecule has 0 aliphatic carbocycles. The first-order valence-electron chi connectivity index (χ1n) is 9.59. The van der Waals surface area contributed by atoms with E-state index in [0.717, 1.165) is 10.0 Å². The zero-order chi connectivity index (χ0) is 23.8. The van der Waals surface area contributed by atoms with E-state index in [-0.39, 0.29) is 18.0 Å². The summed E-state index contributed by atoms with van der Waals surface area (Å²) in [5, 5.41) is 14.5. The minimum absolute atomic E-state index is 0.0793. The van der Waals surface area contributed by atoms with E-state index in [1.165, 1.54) is 30.5 Å². The van der Waals surface area contributed by atoms with Crippen molar-refractivity contribution in [3.8, 4) is 11.5 Å². The molecule has 3 aromatic rings. The molecule has 0 fully saturated rings. The van der Waals surface area contributed by atoms with Gasteiger partial charge < -0.3 is 9.47 Å². The van der Waals surface area contributed by atoms with Crippen LogP contribution in [0.4, 0.5) is 5.69 Å². The molecule has 0 atom stereocenters. The van der Waals surface area contributed by atoms with E-state index in [4.69, 9.17) is 9.47 Å². The molecule has 1 amide bonds. The standard InChI is InChI=1S/C23H18BrN3O6/c1-15-3-2-4-16(11-15)23(29)33-21-10-5-18(24)12-17(21)13-25-26-22(28)14-32-20-8-6-19(7-9-20)27(30)31/h2-13H,14H2,1H3,(H,26,28). The molecule has 0 saturated carbocycles. The van der Waals surface area contributed by atoms with Crippen molar-refractivity contribution < 1.29 is 24.0 Å². The van der Waals surface area contributed by atoms with E-state index in [1.807, 2.05) is 13.0 Å². The fourth-order valence-corrected chi connectivity index (χ4v) is 3.04. The average Bonchev–Trinajstić information content (AvgIpc) is 2.79. The Morgan fingerprint density at radius 3 is 2.58 bits per heavy atom. The number of non-ortho nitro benzene ring substituents is 1. The number of rotatable bonds is 8. The zero-order valence-electron chi connectivity index (χ0n) is 17.4. The lowest BCUT2D eigenvalue weighted by atomic mass is 10.1.